The number of para-hydroxylation sites is 1. The summed E-state index contributed by atoms with van der Waals surface area (Å²) in [5.41, 5.74) is 1.95. The summed E-state index contributed by atoms with van der Waals surface area (Å²) in [6, 6.07) is 5.35. The molecule has 3 rings (SSSR count). The van der Waals surface area contributed by atoms with Crippen LogP contribution >= 0.6 is 0 Å². The highest BCUT2D eigenvalue weighted by Gasteiger charge is 2.20. The number of carboxylic acids is 1. The SMILES string of the molecule is CCc1nc2cccc(C(=O)O)c2n1CCC1CCC1. The highest BCUT2D eigenvalue weighted by molar-refractivity contribution is 6.01. The van der Waals surface area contributed by atoms with Gasteiger partial charge in [0.25, 0.3) is 0 Å². The fourth-order valence-electron chi connectivity index (χ4n) is 3.01. The van der Waals surface area contributed by atoms with Crippen LogP contribution in [0.15, 0.2) is 18.2 Å². The molecule has 1 saturated carbocycles. The first kappa shape index (κ1) is 13.2. The van der Waals surface area contributed by atoms with Crippen LogP contribution in [-0.4, -0.2) is 20.6 Å². The van der Waals surface area contributed by atoms with Gasteiger partial charge in [-0.2, -0.15) is 0 Å². The lowest BCUT2D eigenvalue weighted by Gasteiger charge is -2.25. The second-order valence-electron chi connectivity index (χ2n) is 5.60. The molecule has 1 N–H and O–H groups in total. The normalized spacial score (nSPS) is 15.4. The summed E-state index contributed by atoms with van der Waals surface area (Å²) < 4.78 is 2.12. The lowest BCUT2D eigenvalue weighted by Crippen LogP contribution is -2.15. The summed E-state index contributed by atoms with van der Waals surface area (Å²) in [5, 5.41) is 9.38. The molecule has 0 saturated heterocycles. The number of fused-ring (bicyclic) bond motifs is 1. The van der Waals surface area contributed by atoms with Gasteiger partial charge in [0.2, 0.25) is 0 Å². The maximum absolute atomic E-state index is 11.4. The molecule has 0 atom stereocenters. The van der Waals surface area contributed by atoms with Gasteiger partial charge in [-0.15, -0.1) is 0 Å². The van der Waals surface area contributed by atoms with Crippen molar-refractivity contribution in [2.45, 2.75) is 45.6 Å². The summed E-state index contributed by atoms with van der Waals surface area (Å²) in [6.45, 7) is 2.95. The molecule has 1 fully saturated rings. The van der Waals surface area contributed by atoms with Gasteiger partial charge in [-0.05, 0) is 24.5 Å². The maximum atomic E-state index is 11.4. The zero-order chi connectivity index (χ0) is 14.1. The average Bonchev–Trinajstić information content (AvgIpc) is 2.74. The molecule has 1 aromatic carbocycles. The molecule has 1 aliphatic rings. The van der Waals surface area contributed by atoms with E-state index >= 15 is 0 Å². The predicted octanol–water partition coefficient (Wildman–Crippen LogP) is 3.49. The number of aromatic carboxylic acids is 1. The number of carboxylic acid groups (broad SMARTS) is 1. The van der Waals surface area contributed by atoms with Gasteiger partial charge in [0.1, 0.15) is 5.82 Å². The molecule has 0 bridgehead atoms. The second kappa shape index (κ2) is 5.27. The van der Waals surface area contributed by atoms with E-state index in [1.54, 1.807) is 12.1 Å². The number of benzene rings is 1. The van der Waals surface area contributed by atoms with Gasteiger partial charge in [0, 0.05) is 13.0 Å². The van der Waals surface area contributed by atoms with Crippen molar-refractivity contribution in [2.24, 2.45) is 5.92 Å². The van der Waals surface area contributed by atoms with E-state index in [0.29, 0.717) is 5.56 Å². The van der Waals surface area contributed by atoms with Gasteiger partial charge in [-0.25, -0.2) is 9.78 Å². The molecule has 1 aliphatic carbocycles. The summed E-state index contributed by atoms with van der Waals surface area (Å²) in [6.07, 6.45) is 5.95. The lowest BCUT2D eigenvalue weighted by molar-refractivity contribution is 0.0698. The summed E-state index contributed by atoms with van der Waals surface area (Å²) in [4.78, 5) is 16.0. The predicted molar refractivity (Wildman–Crippen MR) is 78.0 cm³/mol. The van der Waals surface area contributed by atoms with Crippen molar-refractivity contribution in [1.29, 1.82) is 0 Å². The minimum atomic E-state index is -0.872. The highest BCUT2D eigenvalue weighted by atomic mass is 16.4. The van der Waals surface area contributed by atoms with Crippen LogP contribution < -0.4 is 0 Å². The lowest BCUT2D eigenvalue weighted by atomic mass is 9.83. The Morgan fingerprint density at radius 1 is 1.45 bits per heavy atom. The van der Waals surface area contributed by atoms with Gasteiger partial charge in [-0.1, -0.05) is 32.3 Å². The Bertz CT molecular complexity index is 641. The monoisotopic (exact) mass is 272 g/mol. The Morgan fingerprint density at radius 3 is 2.85 bits per heavy atom. The van der Waals surface area contributed by atoms with E-state index in [1.165, 1.54) is 19.3 Å². The third-order valence-electron chi connectivity index (χ3n) is 4.38. The summed E-state index contributed by atoms with van der Waals surface area (Å²) >= 11 is 0. The van der Waals surface area contributed by atoms with Crippen molar-refractivity contribution in [2.75, 3.05) is 0 Å². The molecule has 106 valence electrons. The third kappa shape index (κ3) is 2.19. The fraction of sp³-hybridized carbons (Fsp3) is 0.500. The Hall–Kier alpha value is -1.84. The van der Waals surface area contributed by atoms with Crippen LogP contribution in [0.5, 0.6) is 0 Å². The molecule has 0 unspecified atom stereocenters. The van der Waals surface area contributed by atoms with Gasteiger partial charge in [0.05, 0.1) is 16.6 Å². The van der Waals surface area contributed by atoms with Gasteiger partial charge in [-0.3, -0.25) is 0 Å². The number of aromatic nitrogens is 2. The standard InChI is InChI=1S/C16H20N2O2/c1-2-14-17-13-8-4-7-12(16(19)20)15(13)18(14)10-9-11-5-3-6-11/h4,7-8,11H,2-3,5-6,9-10H2,1H3,(H,19,20). The Balaban J connectivity index is 2.03. The second-order valence-corrected chi connectivity index (χ2v) is 5.60. The van der Waals surface area contributed by atoms with Crippen molar-refractivity contribution < 1.29 is 9.90 Å². The topological polar surface area (TPSA) is 55.1 Å². The van der Waals surface area contributed by atoms with E-state index in [9.17, 15) is 9.90 Å². The third-order valence-corrected chi connectivity index (χ3v) is 4.38. The average molecular weight is 272 g/mol. The van der Waals surface area contributed by atoms with Crippen molar-refractivity contribution in [3.8, 4) is 0 Å². The zero-order valence-corrected chi connectivity index (χ0v) is 11.8. The summed E-state index contributed by atoms with van der Waals surface area (Å²) in [7, 11) is 0. The summed E-state index contributed by atoms with van der Waals surface area (Å²) in [5.74, 6) is 0.935. The van der Waals surface area contributed by atoms with E-state index in [0.717, 1.165) is 42.2 Å². The van der Waals surface area contributed by atoms with Crippen molar-refractivity contribution in [3.05, 3.63) is 29.6 Å². The molecule has 0 amide bonds. The molecule has 0 radical (unpaired) electrons. The van der Waals surface area contributed by atoms with Crippen molar-refractivity contribution >= 4 is 17.0 Å². The number of hydrogen-bond acceptors (Lipinski definition) is 2. The highest BCUT2D eigenvalue weighted by Crippen LogP contribution is 2.31. The van der Waals surface area contributed by atoms with E-state index in [2.05, 4.69) is 16.5 Å². The van der Waals surface area contributed by atoms with Crippen LogP contribution in [0.4, 0.5) is 0 Å². The first-order chi connectivity index (χ1) is 9.70. The van der Waals surface area contributed by atoms with Gasteiger partial charge in [0.15, 0.2) is 0 Å². The number of carbonyl (C=O) groups is 1. The molecule has 1 aromatic heterocycles. The Morgan fingerprint density at radius 2 is 2.25 bits per heavy atom. The van der Waals surface area contributed by atoms with Crippen LogP contribution in [0, 0.1) is 5.92 Å². The van der Waals surface area contributed by atoms with Gasteiger partial charge >= 0.3 is 5.97 Å². The largest absolute Gasteiger partial charge is 0.478 e. The number of imidazole rings is 1. The zero-order valence-electron chi connectivity index (χ0n) is 11.8. The number of aryl methyl sites for hydroxylation is 2. The van der Waals surface area contributed by atoms with E-state index in [4.69, 9.17) is 0 Å². The van der Waals surface area contributed by atoms with E-state index in [1.807, 2.05) is 6.07 Å². The van der Waals surface area contributed by atoms with Crippen LogP contribution in [0.25, 0.3) is 11.0 Å². The number of rotatable bonds is 5. The molecule has 20 heavy (non-hydrogen) atoms. The Kier molecular flexibility index (Phi) is 3.47. The number of hydrogen-bond donors (Lipinski definition) is 1. The van der Waals surface area contributed by atoms with Crippen LogP contribution in [0.2, 0.25) is 0 Å². The quantitative estimate of drug-likeness (QED) is 0.906. The Labute approximate surface area is 118 Å². The first-order valence-electron chi connectivity index (χ1n) is 7.42. The molecular formula is C16H20N2O2. The first-order valence-corrected chi connectivity index (χ1v) is 7.42. The van der Waals surface area contributed by atoms with Crippen LogP contribution in [0.1, 0.15) is 48.8 Å². The molecule has 2 aromatic rings. The van der Waals surface area contributed by atoms with E-state index in [-0.39, 0.29) is 0 Å². The van der Waals surface area contributed by atoms with Crippen molar-refractivity contribution in [3.63, 3.8) is 0 Å². The molecule has 4 heteroatoms. The molecule has 0 aliphatic heterocycles. The maximum Gasteiger partial charge on any atom is 0.337 e. The minimum absolute atomic E-state index is 0.364. The smallest absolute Gasteiger partial charge is 0.337 e. The van der Waals surface area contributed by atoms with Crippen molar-refractivity contribution in [1.82, 2.24) is 9.55 Å². The van der Waals surface area contributed by atoms with Gasteiger partial charge < -0.3 is 9.67 Å². The molecule has 1 heterocycles. The van der Waals surface area contributed by atoms with E-state index < -0.39 is 5.97 Å². The molecular weight excluding hydrogens is 252 g/mol. The van der Waals surface area contributed by atoms with Crippen LogP contribution in [0.3, 0.4) is 0 Å². The molecule has 4 nitrogen and oxygen atoms in total. The fourth-order valence-corrected chi connectivity index (χ4v) is 3.01. The minimum Gasteiger partial charge on any atom is -0.478 e. The number of nitrogens with zero attached hydrogens (tertiary/aromatic N) is 2. The van der Waals surface area contributed by atoms with Crippen LogP contribution in [-0.2, 0) is 13.0 Å². The molecule has 0 spiro atoms.